The van der Waals surface area contributed by atoms with Crippen LogP contribution in [0.3, 0.4) is 0 Å². The molecule has 5 rings (SSSR count). The lowest BCUT2D eigenvalue weighted by atomic mass is 10.1. The van der Waals surface area contributed by atoms with Crippen LogP contribution in [0, 0.1) is 0 Å². The van der Waals surface area contributed by atoms with Crippen LogP contribution >= 0.6 is 0 Å². The van der Waals surface area contributed by atoms with Crippen molar-refractivity contribution in [3.63, 3.8) is 0 Å². The van der Waals surface area contributed by atoms with E-state index in [9.17, 15) is 9.59 Å². The molecule has 0 atom stereocenters. The minimum atomic E-state index is -0.262. The molecule has 180 valence electrons. The summed E-state index contributed by atoms with van der Waals surface area (Å²) in [5.74, 6) is -0.220. The van der Waals surface area contributed by atoms with Crippen molar-refractivity contribution in [1.29, 1.82) is 0 Å². The van der Waals surface area contributed by atoms with Gasteiger partial charge in [0, 0.05) is 60.1 Å². The lowest BCUT2D eigenvalue weighted by molar-refractivity contribution is -0.111. The molecule has 0 radical (unpaired) electrons. The zero-order valence-electron chi connectivity index (χ0n) is 19.9. The Morgan fingerprint density at radius 3 is 2.44 bits per heavy atom. The molecule has 2 aromatic heterocycles. The monoisotopic (exact) mass is 477 g/mol. The van der Waals surface area contributed by atoms with Gasteiger partial charge in [-0.2, -0.15) is 5.10 Å². The Morgan fingerprint density at radius 2 is 1.72 bits per heavy atom. The SMILES string of the molecule is O=C(/C=C/c1cn(Cc2ccccc2)nc1-c1cccnc1)Nc1ccc(C(=O)N2CCCC2)cc1. The third kappa shape index (κ3) is 5.58. The van der Waals surface area contributed by atoms with Crippen molar-refractivity contribution in [3.8, 4) is 11.3 Å². The fourth-order valence-corrected chi connectivity index (χ4v) is 4.29. The summed E-state index contributed by atoms with van der Waals surface area (Å²) in [5, 5.41) is 7.62. The normalized spacial score (nSPS) is 13.3. The van der Waals surface area contributed by atoms with Crippen molar-refractivity contribution in [2.75, 3.05) is 18.4 Å². The van der Waals surface area contributed by atoms with Crippen LogP contribution in [0.5, 0.6) is 0 Å². The number of aromatic nitrogens is 3. The molecule has 2 amide bonds. The molecule has 0 spiro atoms. The van der Waals surface area contributed by atoms with E-state index in [1.165, 1.54) is 6.08 Å². The molecule has 1 saturated heterocycles. The number of benzene rings is 2. The maximum atomic E-state index is 12.6. The standard InChI is InChI=1S/C29H27N5O2/c35-27(31-26-13-10-23(11-14-26)29(36)33-17-4-5-18-33)15-12-25-21-34(20-22-7-2-1-3-8-22)32-28(25)24-9-6-16-30-19-24/h1-3,6-16,19,21H,4-5,17-18,20H2,(H,31,35)/b15-12+. The first kappa shape index (κ1) is 23.2. The number of carbonyl (C=O) groups is 2. The summed E-state index contributed by atoms with van der Waals surface area (Å²) in [5.41, 5.74) is 4.86. The molecule has 1 fully saturated rings. The van der Waals surface area contributed by atoms with Crippen molar-refractivity contribution >= 4 is 23.6 Å². The highest BCUT2D eigenvalue weighted by Crippen LogP contribution is 2.23. The number of pyridine rings is 1. The Hall–Kier alpha value is -4.52. The number of hydrogen-bond donors (Lipinski definition) is 1. The molecule has 1 aliphatic rings. The van der Waals surface area contributed by atoms with Crippen LogP contribution in [0.15, 0.2) is 91.4 Å². The molecule has 1 N–H and O–H groups in total. The average Bonchev–Trinajstić information content (AvgIpc) is 3.59. The molecule has 0 aliphatic carbocycles. The minimum Gasteiger partial charge on any atom is -0.339 e. The molecule has 0 bridgehead atoms. The summed E-state index contributed by atoms with van der Waals surface area (Å²) in [6.45, 7) is 2.24. The zero-order chi connectivity index (χ0) is 24.7. The van der Waals surface area contributed by atoms with Gasteiger partial charge in [0.1, 0.15) is 5.69 Å². The number of nitrogens with zero attached hydrogens (tertiary/aromatic N) is 4. The van der Waals surface area contributed by atoms with E-state index in [1.54, 1.807) is 42.7 Å². The van der Waals surface area contributed by atoms with E-state index in [0.717, 1.165) is 48.3 Å². The first-order valence-electron chi connectivity index (χ1n) is 12.1. The van der Waals surface area contributed by atoms with Crippen LogP contribution < -0.4 is 5.32 Å². The lowest BCUT2D eigenvalue weighted by Crippen LogP contribution is -2.27. The van der Waals surface area contributed by atoms with Gasteiger partial charge in [0.05, 0.1) is 6.54 Å². The third-order valence-electron chi connectivity index (χ3n) is 6.12. The van der Waals surface area contributed by atoms with Gasteiger partial charge in [0.15, 0.2) is 0 Å². The first-order valence-corrected chi connectivity index (χ1v) is 12.1. The van der Waals surface area contributed by atoms with Gasteiger partial charge in [-0.15, -0.1) is 0 Å². The highest BCUT2D eigenvalue weighted by Gasteiger charge is 2.19. The predicted molar refractivity (Wildman–Crippen MR) is 140 cm³/mol. The van der Waals surface area contributed by atoms with Crippen LogP contribution in [-0.2, 0) is 11.3 Å². The van der Waals surface area contributed by atoms with Crippen molar-refractivity contribution in [1.82, 2.24) is 19.7 Å². The Balaban J connectivity index is 1.29. The number of rotatable bonds is 7. The number of likely N-dealkylation sites (tertiary alicyclic amines) is 1. The van der Waals surface area contributed by atoms with Crippen molar-refractivity contribution in [2.45, 2.75) is 19.4 Å². The second kappa shape index (κ2) is 10.8. The van der Waals surface area contributed by atoms with E-state index >= 15 is 0 Å². The molecule has 7 nitrogen and oxygen atoms in total. The van der Waals surface area contributed by atoms with Gasteiger partial charge in [0.25, 0.3) is 5.91 Å². The summed E-state index contributed by atoms with van der Waals surface area (Å²) in [4.78, 5) is 31.2. The van der Waals surface area contributed by atoms with Gasteiger partial charge < -0.3 is 10.2 Å². The van der Waals surface area contributed by atoms with Gasteiger partial charge in [-0.1, -0.05) is 30.3 Å². The Bertz CT molecular complexity index is 1360. The number of carbonyl (C=O) groups excluding carboxylic acids is 2. The zero-order valence-corrected chi connectivity index (χ0v) is 19.9. The van der Waals surface area contributed by atoms with Gasteiger partial charge in [0.2, 0.25) is 5.91 Å². The molecule has 0 unspecified atom stereocenters. The van der Waals surface area contributed by atoms with Crippen LogP contribution in [0.1, 0.15) is 34.3 Å². The summed E-state index contributed by atoms with van der Waals surface area (Å²) in [6, 6.07) is 20.9. The van der Waals surface area contributed by atoms with Gasteiger partial charge in [-0.25, -0.2) is 0 Å². The topological polar surface area (TPSA) is 80.1 Å². The van der Waals surface area contributed by atoms with E-state index in [0.29, 0.717) is 17.8 Å². The third-order valence-corrected chi connectivity index (χ3v) is 6.12. The van der Waals surface area contributed by atoms with E-state index in [-0.39, 0.29) is 11.8 Å². The molecule has 36 heavy (non-hydrogen) atoms. The molecule has 4 aromatic rings. The second-order valence-corrected chi connectivity index (χ2v) is 8.76. The molecule has 2 aromatic carbocycles. The molecule has 3 heterocycles. The molecule has 7 heteroatoms. The first-order chi connectivity index (χ1) is 17.7. The summed E-state index contributed by atoms with van der Waals surface area (Å²) < 4.78 is 1.87. The van der Waals surface area contributed by atoms with Crippen LogP contribution in [0.4, 0.5) is 5.69 Å². The van der Waals surface area contributed by atoms with E-state index < -0.39 is 0 Å². The number of anilines is 1. The van der Waals surface area contributed by atoms with Gasteiger partial charge in [-0.05, 0) is 60.9 Å². The van der Waals surface area contributed by atoms with Crippen molar-refractivity contribution in [3.05, 3.63) is 108 Å². The number of hydrogen-bond acceptors (Lipinski definition) is 4. The fourth-order valence-electron chi connectivity index (χ4n) is 4.29. The maximum absolute atomic E-state index is 12.6. The highest BCUT2D eigenvalue weighted by molar-refractivity contribution is 6.02. The second-order valence-electron chi connectivity index (χ2n) is 8.76. The molecular weight excluding hydrogens is 450 g/mol. The maximum Gasteiger partial charge on any atom is 0.253 e. The largest absolute Gasteiger partial charge is 0.339 e. The highest BCUT2D eigenvalue weighted by atomic mass is 16.2. The molecule has 0 saturated carbocycles. The minimum absolute atomic E-state index is 0.0423. The van der Waals surface area contributed by atoms with Gasteiger partial charge in [-0.3, -0.25) is 19.3 Å². The van der Waals surface area contributed by atoms with Crippen LogP contribution in [0.25, 0.3) is 17.3 Å². The van der Waals surface area contributed by atoms with Gasteiger partial charge >= 0.3 is 0 Å². The van der Waals surface area contributed by atoms with E-state index in [2.05, 4.69) is 22.4 Å². The summed E-state index contributed by atoms with van der Waals surface area (Å²) in [6.07, 6.45) is 10.8. The number of amides is 2. The van der Waals surface area contributed by atoms with Crippen LogP contribution in [-0.4, -0.2) is 44.6 Å². The lowest BCUT2D eigenvalue weighted by Gasteiger charge is -2.15. The quantitative estimate of drug-likeness (QED) is 0.385. The molecule has 1 aliphatic heterocycles. The summed E-state index contributed by atoms with van der Waals surface area (Å²) in [7, 11) is 0. The summed E-state index contributed by atoms with van der Waals surface area (Å²) >= 11 is 0. The van der Waals surface area contributed by atoms with Crippen LogP contribution in [0.2, 0.25) is 0 Å². The predicted octanol–water partition coefficient (Wildman–Crippen LogP) is 4.88. The number of nitrogens with one attached hydrogen (secondary N) is 1. The smallest absolute Gasteiger partial charge is 0.253 e. The van der Waals surface area contributed by atoms with E-state index in [1.807, 2.05) is 46.1 Å². The average molecular weight is 478 g/mol. The fraction of sp³-hybridized carbons (Fsp3) is 0.172. The molecular formula is C29H27N5O2. The Kier molecular flexibility index (Phi) is 6.98. The Labute approximate surface area is 210 Å². The van der Waals surface area contributed by atoms with Crippen molar-refractivity contribution in [2.24, 2.45) is 0 Å². The van der Waals surface area contributed by atoms with Crippen molar-refractivity contribution < 1.29 is 9.59 Å². The Morgan fingerprint density at radius 1 is 0.944 bits per heavy atom. The van der Waals surface area contributed by atoms with E-state index in [4.69, 9.17) is 5.10 Å².